The van der Waals surface area contributed by atoms with E-state index in [1.54, 1.807) is 18.2 Å². The Hall–Kier alpha value is -2.61. The molecule has 0 unspecified atom stereocenters. The van der Waals surface area contributed by atoms with Crippen LogP contribution in [0.4, 0.5) is 13.2 Å². The maximum absolute atomic E-state index is 12.5. The maximum Gasteiger partial charge on any atom is 0.573 e. The second-order valence-electron chi connectivity index (χ2n) is 4.91. The molecule has 0 aliphatic heterocycles. The van der Waals surface area contributed by atoms with E-state index in [4.69, 9.17) is 19.9 Å². The van der Waals surface area contributed by atoms with E-state index in [1.807, 2.05) is 0 Å². The lowest BCUT2D eigenvalue weighted by Gasteiger charge is -2.16. The molecule has 0 saturated carbocycles. The van der Waals surface area contributed by atoms with Gasteiger partial charge in [-0.05, 0) is 35.9 Å². The average Bonchev–Trinajstić information content (AvgIpc) is 2.59. The lowest BCUT2D eigenvalue weighted by atomic mass is 10.0. The van der Waals surface area contributed by atoms with Crippen LogP contribution in [0.15, 0.2) is 36.4 Å². The highest BCUT2D eigenvalue weighted by Gasteiger charge is 2.32. The third-order valence-corrected chi connectivity index (χ3v) is 3.26. The summed E-state index contributed by atoms with van der Waals surface area (Å²) in [4.78, 5) is 0. The molecule has 0 aliphatic rings. The predicted molar refractivity (Wildman–Crippen MR) is 86.2 cm³/mol. The molecule has 0 heterocycles. The number of hydrogen-bond acceptors (Lipinski definition) is 5. The van der Waals surface area contributed by atoms with E-state index in [1.165, 1.54) is 32.4 Å². The van der Waals surface area contributed by atoms with E-state index in [0.717, 1.165) is 0 Å². The molecule has 136 valence electrons. The summed E-state index contributed by atoms with van der Waals surface area (Å²) in [5, 5.41) is 0. The van der Waals surface area contributed by atoms with Crippen molar-refractivity contribution < 1.29 is 32.1 Å². The summed E-state index contributed by atoms with van der Waals surface area (Å²) in [5.74, 6) is 0.614. The second kappa shape index (κ2) is 7.98. The molecule has 0 amide bonds. The number of alkyl halides is 3. The van der Waals surface area contributed by atoms with Gasteiger partial charge in [0.05, 0.1) is 14.2 Å². The fourth-order valence-corrected chi connectivity index (χ4v) is 2.21. The standard InChI is InChI=1S/C17H18F3NO4/c1-22-12-4-6-14(23-2)13(10-12)11-3-5-15(25-17(18,19)20)16(9-11)24-8-7-21/h3-6,9-10H,7-8,21H2,1-2H3. The van der Waals surface area contributed by atoms with Gasteiger partial charge in [-0.3, -0.25) is 0 Å². The first-order valence-corrected chi connectivity index (χ1v) is 7.33. The monoisotopic (exact) mass is 357 g/mol. The highest BCUT2D eigenvalue weighted by Crippen LogP contribution is 2.39. The molecule has 8 heteroatoms. The molecule has 2 N–H and O–H groups in total. The Morgan fingerprint density at radius 1 is 0.920 bits per heavy atom. The van der Waals surface area contributed by atoms with Crippen LogP contribution in [0.5, 0.6) is 23.0 Å². The summed E-state index contributed by atoms with van der Waals surface area (Å²) < 4.78 is 57.4. The van der Waals surface area contributed by atoms with Gasteiger partial charge in [0, 0.05) is 12.1 Å². The van der Waals surface area contributed by atoms with Gasteiger partial charge in [-0.15, -0.1) is 13.2 Å². The second-order valence-corrected chi connectivity index (χ2v) is 4.91. The largest absolute Gasteiger partial charge is 0.573 e. The number of benzene rings is 2. The Bertz CT molecular complexity index is 720. The van der Waals surface area contributed by atoms with Crippen LogP contribution >= 0.6 is 0 Å². The summed E-state index contributed by atoms with van der Waals surface area (Å²) in [6, 6.07) is 9.24. The molecule has 0 aromatic heterocycles. The first kappa shape index (κ1) is 18.7. The summed E-state index contributed by atoms with van der Waals surface area (Å²) >= 11 is 0. The van der Waals surface area contributed by atoms with Crippen molar-refractivity contribution in [2.75, 3.05) is 27.4 Å². The zero-order valence-corrected chi connectivity index (χ0v) is 13.7. The Labute approximate surface area is 143 Å². The third kappa shape index (κ3) is 4.93. The van der Waals surface area contributed by atoms with Crippen molar-refractivity contribution in [3.05, 3.63) is 36.4 Å². The first-order valence-electron chi connectivity index (χ1n) is 7.33. The van der Waals surface area contributed by atoms with Gasteiger partial charge in [0.2, 0.25) is 0 Å². The fourth-order valence-electron chi connectivity index (χ4n) is 2.21. The van der Waals surface area contributed by atoms with Crippen LogP contribution in [0.2, 0.25) is 0 Å². The highest BCUT2D eigenvalue weighted by atomic mass is 19.4. The van der Waals surface area contributed by atoms with Crippen molar-refractivity contribution in [1.82, 2.24) is 0 Å². The van der Waals surface area contributed by atoms with Gasteiger partial charge in [0.1, 0.15) is 18.1 Å². The number of hydrogen-bond donors (Lipinski definition) is 1. The molecule has 5 nitrogen and oxygen atoms in total. The SMILES string of the molecule is COc1ccc(OC)c(-c2ccc(OC(F)(F)F)c(OCCN)c2)c1. The van der Waals surface area contributed by atoms with Gasteiger partial charge in [0.25, 0.3) is 0 Å². The molecule has 2 aromatic rings. The van der Waals surface area contributed by atoms with Crippen molar-refractivity contribution in [1.29, 1.82) is 0 Å². The normalized spacial score (nSPS) is 11.1. The molecule has 0 fully saturated rings. The van der Waals surface area contributed by atoms with Crippen molar-refractivity contribution >= 4 is 0 Å². The summed E-state index contributed by atoms with van der Waals surface area (Å²) in [7, 11) is 3.01. The molecule has 2 aromatic carbocycles. The molecule has 0 radical (unpaired) electrons. The Kier molecular flexibility index (Phi) is 5.97. The molecule has 0 atom stereocenters. The minimum Gasteiger partial charge on any atom is -0.497 e. The van der Waals surface area contributed by atoms with Crippen LogP contribution in [0, 0.1) is 0 Å². The molecule has 0 aliphatic carbocycles. The van der Waals surface area contributed by atoms with Gasteiger partial charge in [0.15, 0.2) is 11.5 Å². The summed E-state index contributed by atoms with van der Waals surface area (Å²) in [6.07, 6.45) is -4.82. The van der Waals surface area contributed by atoms with Gasteiger partial charge < -0.3 is 24.7 Å². The summed E-state index contributed by atoms with van der Waals surface area (Å²) in [5.41, 5.74) is 6.58. The molecular formula is C17H18F3NO4. The lowest BCUT2D eigenvalue weighted by Crippen LogP contribution is -2.18. The first-order chi connectivity index (χ1) is 11.9. The predicted octanol–water partition coefficient (Wildman–Crippen LogP) is 3.61. The molecular weight excluding hydrogens is 339 g/mol. The lowest BCUT2D eigenvalue weighted by molar-refractivity contribution is -0.275. The van der Waals surface area contributed by atoms with Gasteiger partial charge in [-0.25, -0.2) is 0 Å². The van der Waals surface area contributed by atoms with Crippen LogP contribution in [0.1, 0.15) is 0 Å². The van der Waals surface area contributed by atoms with Gasteiger partial charge in [-0.1, -0.05) is 6.07 Å². The quantitative estimate of drug-likeness (QED) is 0.820. The van der Waals surface area contributed by atoms with Gasteiger partial charge >= 0.3 is 6.36 Å². The number of ether oxygens (including phenoxy) is 4. The van der Waals surface area contributed by atoms with E-state index >= 15 is 0 Å². The van der Waals surface area contributed by atoms with Crippen LogP contribution < -0.4 is 24.7 Å². The molecule has 0 bridgehead atoms. The summed E-state index contributed by atoms with van der Waals surface area (Å²) in [6.45, 7) is 0.199. The van der Waals surface area contributed by atoms with E-state index in [9.17, 15) is 13.2 Å². The number of nitrogens with two attached hydrogens (primary N) is 1. The zero-order valence-electron chi connectivity index (χ0n) is 13.7. The molecule has 2 rings (SSSR count). The van der Waals surface area contributed by atoms with E-state index in [-0.39, 0.29) is 18.9 Å². The minimum absolute atomic E-state index is 0.0485. The molecule has 0 saturated heterocycles. The Morgan fingerprint density at radius 2 is 1.64 bits per heavy atom. The van der Waals surface area contributed by atoms with E-state index in [2.05, 4.69) is 4.74 Å². The van der Waals surface area contributed by atoms with Crippen molar-refractivity contribution in [2.24, 2.45) is 5.73 Å². The van der Waals surface area contributed by atoms with E-state index in [0.29, 0.717) is 22.6 Å². The Morgan fingerprint density at radius 3 is 2.24 bits per heavy atom. The van der Waals surface area contributed by atoms with Gasteiger partial charge in [-0.2, -0.15) is 0 Å². The molecule has 25 heavy (non-hydrogen) atoms. The van der Waals surface area contributed by atoms with E-state index < -0.39 is 12.1 Å². The van der Waals surface area contributed by atoms with Crippen LogP contribution in [-0.2, 0) is 0 Å². The smallest absolute Gasteiger partial charge is 0.497 e. The average molecular weight is 357 g/mol. The maximum atomic E-state index is 12.5. The Balaban J connectivity index is 2.48. The minimum atomic E-state index is -4.82. The van der Waals surface area contributed by atoms with Crippen molar-refractivity contribution in [3.63, 3.8) is 0 Å². The van der Waals surface area contributed by atoms with Crippen LogP contribution in [-0.4, -0.2) is 33.7 Å². The number of rotatable bonds is 7. The molecule has 0 spiro atoms. The topological polar surface area (TPSA) is 62.9 Å². The van der Waals surface area contributed by atoms with Crippen molar-refractivity contribution in [2.45, 2.75) is 6.36 Å². The highest BCUT2D eigenvalue weighted by molar-refractivity contribution is 5.74. The van der Waals surface area contributed by atoms with Crippen LogP contribution in [0.25, 0.3) is 11.1 Å². The number of methoxy groups -OCH3 is 2. The van der Waals surface area contributed by atoms with Crippen LogP contribution in [0.3, 0.4) is 0 Å². The zero-order chi connectivity index (χ0) is 18.4. The third-order valence-electron chi connectivity index (χ3n) is 3.26. The number of halogens is 3. The fraction of sp³-hybridized carbons (Fsp3) is 0.294. The van der Waals surface area contributed by atoms with Crippen molar-refractivity contribution in [3.8, 4) is 34.1 Å².